The van der Waals surface area contributed by atoms with Crippen molar-refractivity contribution in [3.63, 3.8) is 0 Å². The Bertz CT molecular complexity index is 196. The molecule has 0 nitrogen and oxygen atoms in total. The minimum atomic E-state index is 0. The molecule has 1 rings (SSSR count). The van der Waals surface area contributed by atoms with Gasteiger partial charge in [-0.1, -0.05) is 45.0 Å². The lowest BCUT2D eigenvalue weighted by Gasteiger charge is -2.17. The van der Waals surface area contributed by atoms with Gasteiger partial charge < -0.3 is 0 Å². The molecule has 0 heterocycles. The molecule has 0 aromatic heterocycles. The highest BCUT2D eigenvalue weighted by molar-refractivity contribution is 5.21. The first-order valence-corrected chi connectivity index (χ1v) is 3.57. The van der Waals surface area contributed by atoms with Crippen LogP contribution in [0.15, 0.2) is 24.3 Å². The van der Waals surface area contributed by atoms with Gasteiger partial charge in [0, 0.05) is 0 Å². The van der Waals surface area contributed by atoms with Crippen molar-refractivity contribution in [1.82, 2.24) is 0 Å². The Morgan fingerprint density at radius 3 is 2.00 bits per heavy atom. The SMILES string of the molecule is CC(C)(C)c1cc[c]cc1.[H+]. The van der Waals surface area contributed by atoms with E-state index in [9.17, 15) is 0 Å². The average molecular weight is 134 g/mol. The molecule has 0 saturated heterocycles. The minimum absolute atomic E-state index is 0. The second kappa shape index (κ2) is 2.45. The van der Waals surface area contributed by atoms with Crippen molar-refractivity contribution in [2.75, 3.05) is 0 Å². The summed E-state index contributed by atoms with van der Waals surface area (Å²) in [5.41, 5.74) is 1.64. The topological polar surface area (TPSA) is 0 Å². The fourth-order valence-corrected chi connectivity index (χ4v) is 0.887. The van der Waals surface area contributed by atoms with Crippen molar-refractivity contribution in [3.05, 3.63) is 35.9 Å². The lowest BCUT2D eigenvalue weighted by Crippen LogP contribution is -2.10. The molecule has 10 heavy (non-hydrogen) atoms. The van der Waals surface area contributed by atoms with E-state index < -0.39 is 0 Å². The van der Waals surface area contributed by atoms with E-state index in [0.29, 0.717) is 0 Å². The van der Waals surface area contributed by atoms with Gasteiger partial charge in [0.05, 0.1) is 0 Å². The van der Waals surface area contributed by atoms with Crippen molar-refractivity contribution >= 4 is 0 Å². The van der Waals surface area contributed by atoms with Crippen LogP contribution in [0.3, 0.4) is 0 Å². The Morgan fingerprint density at radius 2 is 1.70 bits per heavy atom. The zero-order chi connectivity index (χ0) is 7.61. The molecule has 0 aliphatic heterocycles. The molecule has 0 atom stereocenters. The predicted molar refractivity (Wildman–Crippen MR) is 45.1 cm³/mol. The summed E-state index contributed by atoms with van der Waals surface area (Å²) in [4.78, 5) is 0. The van der Waals surface area contributed by atoms with Crippen LogP contribution < -0.4 is 0 Å². The number of benzene rings is 1. The third-order valence-electron chi connectivity index (χ3n) is 1.58. The number of rotatable bonds is 0. The van der Waals surface area contributed by atoms with Crippen molar-refractivity contribution in [3.8, 4) is 0 Å². The number of hydrogen-bond donors (Lipinski definition) is 0. The summed E-state index contributed by atoms with van der Waals surface area (Å²) >= 11 is 0. The van der Waals surface area contributed by atoms with E-state index in [1.807, 2.05) is 12.1 Å². The van der Waals surface area contributed by atoms with Crippen LogP contribution in [0.5, 0.6) is 0 Å². The van der Waals surface area contributed by atoms with E-state index >= 15 is 0 Å². The molecule has 1 radical (unpaired) electrons. The largest absolute Gasteiger partial charge is 1.00 e. The van der Waals surface area contributed by atoms with Gasteiger partial charge in [-0.25, -0.2) is 0 Å². The highest BCUT2D eigenvalue weighted by Crippen LogP contribution is 2.20. The fourth-order valence-electron chi connectivity index (χ4n) is 0.887. The van der Waals surface area contributed by atoms with E-state index in [1.165, 1.54) is 5.56 Å². The van der Waals surface area contributed by atoms with E-state index in [-0.39, 0.29) is 6.84 Å². The second-order valence-electron chi connectivity index (χ2n) is 3.54. The normalized spacial score (nSPS) is 11.5. The molecule has 0 unspecified atom stereocenters. The summed E-state index contributed by atoms with van der Waals surface area (Å²) < 4.78 is 0. The summed E-state index contributed by atoms with van der Waals surface area (Å²) in [6, 6.07) is 11.1. The van der Waals surface area contributed by atoms with Gasteiger partial charge in [-0.15, -0.1) is 0 Å². The zero-order valence-electron chi connectivity index (χ0n) is 7.81. The van der Waals surface area contributed by atoms with Crippen LogP contribution in [-0.4, -0.2) is 0 Å². The van der Waals surface area contributed by atoms with Crippen molar-refractivity contribution in [2.45, 2.75) is 26.2 Å². The van der Waals surface area contributed by atoms with Gasteiger partial charge in [-0.05, 0) is 17.0 Å². The van der Waals surface area contributed by atoms with Crippen LogP contribution in [0.1, 0.15) is 27.8 Å². The van der Waals surface area contributed by atoms with Crippen LogP contribution in [-0.2, 0) is 5.41 Å². The van der Waals surface area contributed by atoms with Crippen LogP contribution in [0.25, 0.3) is 0 Å². The van der Waals surface area contributed by atoms with Gasteiger partial charge in [-0.3, -0.25) is 0 Å². The van der Waals surface area contributed by atoms with Crippen molar-refractivity contribution < 1.29 is 1.43 Å². The first-order chi connectivity index (χ1) is 4.61. The molecule has 0 N–H and O–H groups in total. The van der Waals surface area contributed by atoms with Crippen molar-refractivity contribution in [2.24, 2.45) is 0 Å². The number of hydrogen-bond acceptors (Lipinski definition) is 0. The molecular weight excluding hydrogens is 120 g/mol. The molecule has 53 valence electrons. The summed E-state index contributed by atoms with van der Waals surface area (Å²) in [5.74, 6) is 0. The van der Waals surface area contributed by atoms with Gasteiger partial charge in [-0.2, -0.15) is 0 Å². The molecule has 0 aliphatic rings. The maximum Gasteiger partial charge on any atom is 1.00 e. The van der Waals surface area contributed by atoms with E-state index in [0.717, 1.165) is 0 Å². The molecular formula is C10H14+. The molecule has 0 amide bonds. The Morgan fingerprint density at radius 1 is 1.20 bits per heavy atom. The third kappa shape index (κ3) is 1.60. The van der Waals surface area contributed by atoms with Gasteiger partial charge in [0.25, 0.3) is 0 Å². The molecule has 0 saturated carbocycles. The second-order valence-corrected chi connectivity index (χ2v) is 3.54. The Kier molecular flexibility index (Phi) is 1.80. The van der Waals surface area contributed by atoms with E-state index in [2.05, 4.69) is 39.0 Å². The lowest BCUT2D eigenvalue weighted by molar-refractivity contribution is 0.590. The van der Waals surface area contributed by atoms with Crippen LogP contribution in [0.4, 0.5) is 0 Å². The molecule has 0 aliphatic carbocycles. The third-order valence-corrected chi connectivity index (χ3v) is 1.58. The van der Waals surface area contributed by atoms with Crippen molar-refractivity contribution in [1.29, 1.82) is 0 Å². The predicted octanol–water partition coefficient (Wildman–Crippen LogP) is 2.90. The molecule has 0 heteroatoms. The van der Waals surface area contributed by atoms with E-state index in [4.69, 9.17) is 0 Å². The minimum Gasteiger partial charge on any atom is -0.0579 e. The van der Waals surface area contributed by atoms with Gasteiger partial charge >= 0.3 is 1.43 Å². The summed E-state index contributed by atoms with van der Waals surface area (Å²) in [7, 11) is 0. The Balaban J connectivity index is 0.000001000. The van der Waals surface area contributed by atoms with Crippen LogP contribution in [0.2, 0.25) is 0 Å². The maximum absolute atomic E-state index is 3.00. The smallest absolute Gasteiger partial charge is 0.0579 e. The summed E-state index contributed by atoms with van der Waals surface area (Å²) in [6.45, 7) is 6.63. The molecule has 0 bridgehead atoms. The highest BCUT2D eigenvalue weighted by atomic mass is 14.2. The highest BCUT2D eigenvalue weighted by Gasteiger charge is 2.11. The maximum atomic E-state index is 3.00. The quantitative estimate of drug-likeness (QED) is 0.511. The van der Waals surface area contributed by atoms with E-state index in [1.54, 1.807) is 0 Å². The molecule has 0 fully saturated rings. The average Bonchev–Trinajstić information content (AvgIpc) is 1.88. The van der Waals surface area contributed by atoms with Crippen LogP contribution >= 0.6 is 0 Å². The molecule has 0 spiro atoms. The van der Waals surface area contributed by atoms with Crippen LogP contribution in [0, 0.1) is 6.07 Å². The summed E-state index contributed by atoms with van der Waals surface area (Å²) in [6.07, 6.45) is 0. The first-order valence-electron chi connectivity index (χ1n) is 3.57. The molecule has 1 aromatic carbocycles. The Hall–Kier alpha value is -0.780. The fraction of sp³-hybridized carbons (Fsp3) is 0.400. The van der Waals surface area contributed by atoms with Gasteiger partial charge in [0.15, 0.2) is 0 Å². The van der Waals surface area contributed by atoms with Gasteiger partial charge in [0.1, 0.15) is 0 Å². The molecule has 1 aromatic rings. The summed E-state index contributed by atoms with van der Waals surface area (Å²) in [5, 5.41) is 0. The monoisotopic (exact) mass is 134 g/mol. The Labute approximate surface area is 64.4 Å². The zero-order valence-corrected chi connectivity index (χ0v) is 6.81. The first kappa shape index (κ1) is 7.33. The lowest BCUT2D eigenvalue weighted by atomic mass is 9.87. The standard InChI is InChI=1S/C10H13/c1-10(2,3)9-7-5-4-6-8-9/h5-8H,1-3H3/p+1. The van der Waals surface area contributed by atoms with Gasteiger partial charge in [0.2, 0.25) is 0 Å².